The fraction of sp³-hybridized carbons (Fsp3) is 0.500. The van der Waals surface area contributed by atoms with E-state index in [1.165, 1.54) is 0 Å². The summed E-state index contributed by atoms with van der Waals surface area (Å²) in [6, 6.07) is 7.92. The number of epoxide rings is 1. The smallest absolute Gasteiger partial charge is 0.124 e. The molecular weight excluding hydrogens is 192 g/mol. The van der Waals surface area contributed by atoms with Gasteiger partial charge in [0.25, 0.3) is 0 Å². The van der Waals surface area contributed by atoms with E-state index in [0.717, 1.165) is 17.9 Å². The molecule has 2 atom stereocenters. The van der Waals surface area contributed by atoms with Crippen LogP contribution in [-0.4, -0.2) is 26.4 Å². The number of hydrogen-bond acceptors (Lipinski definition) is 3. The number of benzene rings is 1. The normalized spacial score (nSPS) is 21.1. The molecule has 1 fully saturated rings. The van der Waals surface area contributed by atoms with Gasteiger partial charge in [0.1, 0.15) is 11.9 Å². The van der Waals surface area contributed by atoms with E-state index >= 15 is 0 Å². The van der Waals surface area contributed by atoms with Crippen LogP contribution in [0.4, 0.5) is 0 Å². The minimum atomic E-state index is 0.0466. The summed E-state index contributed by atoms with van der Waals surface area (Å²) in [5.41, 5.74) is 1.08. The van der Waals surface area contributed by atoms with Gasteiger partial charge in [0.05, 0.1) is 26.4 Å². The Balaban J connectivity index is 1.98. The van der Waals surface area contributed by atoms with Crippen molar-refractivity contribution in [3.05, 3.63) is 29.8 Å². The highest BCUT2D eigenvalue weighted by Crippen LogP contribution is 2.27. The lowest BCUT2D eigenvalue weighted by atomic mass is 10.1. The van der Waals surface area contributed by atoms with Gasteiger partial charge in [0.2, 0.25) is 0 Å². The lowest BCUT2D eigenvalue weighted by Gasteiger charge is -2.15. The molecular formula is C12H16O3. The van der Waals surface area contributed by atoms with Gasteiger partial charge in [-0.15, -0.1) is 0 Å². The highest BCUT2D eigenvalue weighted by Gasteiger charge is 2.24. The zero-order chi connectivity index (χ0) is 10.7. The number of rotatable bonds is 5. The van der Waals surface area contributed by atoms with E-state index in [2.05, 4.69) is 0 Å². The van der Waals surface area contributed by atoms with E-state index < -0.39 is 0 Å². The van der Waals surface area contributed by atoms with Gasteiger partial charge in [0.15, 0.2) is 0 Å². The van der Waals surface area contributed by atoms with Gasteiger partial charge < -0.3 is 14.2 Å². The highest BCUT2D eigenvalue weighted by atomic mass is 16.6. The maximum atomic E-state index is 5.69. The van der Waals surface area contributed by atoms with Gasteiger partial charge >= 0.3 is 0 Å². The summed E-state index contributed by atoms with van der Waals surface area (Å²) >= 11 is 0. The minimum Gasteiger partial charge on any atom is -0.496 e. The fourth-order valence-electron chi connectivity index (χ4n) is 1.51. The number of methoxy groups -OCH3 is 1. The van der Waals surface area contributed by atoms with Gasteiger partial charge in [-0.3, -0.25) is 0 Å². The second-order valence-corrected chi connectivity index (χ2v) is 3.67. The molecule has 0 N–H and O–H groups in total. The standard InChI is InChI=1S/C12H16O3/c1-9(14-7-10-8-15-10)11-5-3-4-6-12(11)13-2/h3-6,9-10H,7-8H2,1-2H3/t9-,10+/m1/s1. The first-order valence-corrected chi connectivity index (χ1v) is 5.17. The summed E-state index contributed by atoms with van der Waals surface area (Å²) in [7, 11) is 1.68. The zero-order valence-electron chi connectivity index (χ0n) is 9.10. The summed E-state index contributed by atoms with van der Waals surface area (Å²) < 4.78 is 16.1. The summed E-state index contributed by atoms with van der Waals surface area (Å²) in [4.78, 5) is 0. The SMILES string of the molecule is COc1ccccc1[C@@H](C)OC[C@H]1CO1. The molecule has 1 aromatic carbocycles. The Bertz CT molecular complexity index is 320. The van der Waals surface area contributed by atoms with E-state index in [-0.39, 0.29) is 6.10 Å². The number of para-hydroxylation sites is 1. The Morgan fingerprint density at radius 3 is 2.87 bits per heavy atom. The third kappa shape index (κ3) is 2.70. The highest BCUT2D eigenvalue weighted by molar-refractivity contribution is 5.34. The van der Waals surface area contributed by atoms with Crippen molar-refractivity contribution in [1.29, 1.82) is 0 Å². The van der Waals surface area contributed by atoms with Crippen molar-refractivity contribution in [1.82, 2.24) is 0 Å². The second-order valence-electron chi connectivity index (χ2n) is 3.67. The molecule has 3 heteroatoms. The van der Waals surface area contributed by atoms with Crippen LogP contribution in [0, 0.1) is 0 Å². The van der Waals surface area contributed by atoms with Crippen LogP contribution in [0.15, 0.2) is 24.3 Å². The first-order chi connectivity index (χ1) is 7.31. The zero-order valence-corrected chi connectivity index (χ0v) is 9.10. The van der Waals surface area contributed by atoms with Crippen molar-refractivity contribution in [2.24, 2.45) is 0 Å². The molecule has 1 aromatic rings. The monoisotopic (exact) mass is 208 g/mol. The molecule has 15 heavy (non-hydrogen) atoms. The first kappa shape index (κ1) is 10.5. The van der Waals surface area contributed by atoms with Gasteiger partial charge in [-0.05, 0) is 13.0 Å². The third-order valence-corrected chi connectivity index (χ3v) is 2.51. The average Bonchev–Trinajstić information content (AvgIpc) is 3.09. The Labute approximate surface area is 90.0 Å². The van der Waals surface area contributed by atoms with Crippen molar-refractivity contribution >= 4 is 0 Å². The molecule has 1 saturated heterocycles. The van der Waals surface area contributed by atoms with Crippen molar-refractivity contribution < 1.29 is 14.2 Å². The maximum absolute atomic E-state index is 5.69. The van der Waals surface area contributed by atoms with Crippen molar-refractivity contribution in [3.63, 3.8) is 0 Å². The molecule has 3 nitrogen and oxygen atoms in total. The predicted molar refractivity (Wildman–Crippen MR) is 57.1 cm³/mol. The molecule has 2 rings (SSSR count). The molecule has 1 aliphatic heterocycles. The topological polar surface area (TPSA) is 31.0 Å². The van der Waals surface area contributed by atoms with Gasteiger partial charge in [-0.1, -0.05) is 18.2 Å². The maximum Gasteiger partial charge on any atom is 0.124 e. The molecule has 82 valence electrons. The largest absolute Gasteiger partial charge is 0.496 e. The molecule has 0 saturated carbocycles. The molecule has 0 spiro atoms. The second kappa shape index (κ2) is 4.64. The molecule has 0 unspecified atom stereocenters. The van der Waals surface area contributed by atoms with Crippen LogP contribution in [0.25, 0.3) is 0 Å². The van der Waals surface area contributed by atoms with Gasteiger partial charge in [0, 0.05) is 5.56 Å². The summed E-state index contributed by atoms with van der Waals surface area (Å²) in [6.45, 7) is 3.53. The summed E-state index contributed by atoms with van der Waals surface area (Å²) in [5.74, 6) is 0.877. The lowest BCUT2D eigenvalue weighted by molar-refractivity contribution is 0.0524. The van der Waals surface area contributed by atoms with Gasteiger partial charge in [-0.25, -0.2) is 0 Å². The molecule has 1 aliphatic rings. The van der Waals surface area contributed by atoms with Crippen molar-refractivity contribution in [3.8, 4) is 5.75 Å². The van der Waals surface area contributed by atoms with Crippen LogP contribution >= 0.6 is 0 Å². The average molecular weight is 208 g/mol. The van der Waals surface area contributed by atoms with Crippen molar-refractivity contribution in [2.45, 2.75) is 19.1 Å². The van der Waals surface area contributed by atoms with E-state index in [9.17, 15) is 0 Å². The molecule has 1 heterocycles. The van der Waals surface area contributed by atoms with Crippen LogP contribution in [0.1, 0.15) is 18.6 Å². The number of ether oxygens (including phenoxy) is 3. The molecule has 0 aliphatic carbocycles. The van der Waals surface area contributed by atoms with Crippen LogP contribution < -0.4 is 4.74 Å². The lowest BCUT2D eigenvalue weighted by Crippen LogP contribution is -2.07. The van der Waals surface area contributed by atoms with Gasteiger partial charge in [-0.2, -0.15) is 0 Å². The van der Waals surface area contributed by atoms with Crippen LogP contribution in [0.2, 0.25) is 0 Å². The minimum absolute atomic E-state index is 0.0466. The Hall–Kier alpha value is -1.06. The Morgan fingerprint density at radius 1 is 1.47 bits per heavy atom. The van der Waals surface area contributed by atoms with Crippen molar-refractivity contribution in [2.75, 3.05) is 20.3 Å². The fourth-order valence-corrected chi connectivity index (χ4v) is 1.51. The van der Waals surface area contributed by atoms with Crippen LogP contribution in [0.5, 0.6) is 5.75 Å². The number of hydrogen-bond donors (Lipinski definition) is 0. The quantitative estimate of drug-likeness (QED) is 0.695. The third-order valence-electron chi connectivity index (χ3n) is 2.51. The molecule has 0 aromatic heterocycles. The van der Waals surface area contributed by atoms with E-state index in [4.69, 9.17) is 14.2 Å². The molecule has 0 bridgehead atoms. The van der Waals surface area contributed by atoms with E-state index in [1.807, 2.05) is 31.2 Å². The summed E-state index contributed by atoms with van der Waals surface area (Å²) in [5, 5.41) is 0. The van der Waals surface area contributed by atoms with Crippen LogP contribution in [-0.2, 0) is 9.47 Å². The predicted octanol–water partition coefficient (Wildman–Crippen LogP) is 2.17. The first-order valence-electron chi connectivity index (χ1n) is 5.17. The molecule has 0 amide bonds. The van der Waals surface area contributed by atoms with E-state index in [0.29, 0.717) is 12.7 Å². The summed E-state index contributed by atoms with van der Waals surface area (Å²) in [6.07, 6.45) is 0.354. The van der Waals surface area contributed by atoms with Crippen LogP contribution in [0.3, 0.4) is 0 Å². The Morgan fingerprint density at radius 2 is 2.20 bits per heavy atom. The molecule has 0 radical (unpaired) electrons. The van der Waals surface area contributed by atoms with E-state index in [1.54, 1.807) is 7.11 Å². The Kier molecular flexibility index (Phi) is 3.23.